The Balaban J connectivity index is 2.07. The molecule has 0 spiro atoms. The molecule has 0 aliphatic carbocycles. The van der Waals surface area contributed by atoms with Crippen LogP contribution in [-0.4, -0.2) is 22.0 Å². The van der Waals surface area contributed by atoms with Crippen LogP contribution in [0.3, 0.4) is 0 Å². The van der Waals surface area contributed by atoms with E-state index in [1.54, 1.807) is 24.6 Å². The minimum Gasteiger partial charge on any atom is -0.361 e. The molecule has 0 saturated heterocycles. The van der Waals surface area contributed by atoms with E-state index in [0.29, 0.717) is 12.5 Å². The molecule has 7 heteroatoms. The summed E-state index contributed by atoms with van der Waals surface area (Å²) in [6, 6.07) is 0. The quantitative estimate of drug-likeness (QED) is 0.873. The fourth-order valence-electron chi connectivity index (χ4n) is 1.25. The van der Waals surface area contributed by atoms with Crippen LogP contribution in [0, 0.1) is 12.7 Å². The summed E-state index contributed by atoms with van der Waals surface area (Å²) in [5.74, 6) is 0.0821. The van der Waals surface area contributed by atoms with Crippen LogP contribution in [0.15, 0.2) is 12.4 Å². The monoisotopic (exact) mass is 253 g/mol. The first kappa shape index (κ1) is 11.7. The Hall–Kier alpha value is -1.76. The Morgan fingerprint density at radius 2 is 2.18 bits per heavy atom. The van der Waals surface area contributed by atoms with E-state index >= 15 is 0 Å². The largest absolute Gasteiger partial charge is 0.361 e. The van der Waals surface area contributed by atoms with Gasteiger partial charge in [-0.1, -0.05) is 0 Å². The number of aromatic nitrogens is 3. The van der Waals surface area contributed by atoms with E-state index in [9.17, 15) is 4.39 Å². The van der Waals surface area contributed by atoms with Gasteiger partial charge < -0.3 is 10.6 Å². The third-order valence-electron chi connectivity index (χ3n) is 2.04. The van der Waals surface area contributed by atoms with Crippen molar-refractivity contribution in [1.82, 2.24) is 15.0 Å². The summed E-state index contributed by atoms with van der Waals surface area (Å²) >= 11 is 1.57. The Labute approximate surface area is 102 Å². The number of hydrogen-bond acceptors (Lipinski definition) is 6. The molecule has 2 aromatic heterocycles. The fraction of sp³-hybridized carbons (Fsp3) is 0.300. The van der Waals surface area contributed by atoms with Gasteiger partial charge in [0.15, 0.2) is 11.6 Å². The third kappa shape index (κ3) is 2.88. The van der Waals surface area contributed by atoms with Gasteiger partial charge in [0, 0.05) is 18.1 Å². The van der Waals surface area contributed by atoms with Crippen molar-refractivity contribution in [3.63, 3.8) is 0 Å². The van der Waals surface area contributed by atoms with Gasteiger partial charge in [-0.05, 0) is 6.92 Å². The summed E-state index contributed by atoms with van der Waals surface area (Å²) in [6.07, 6.45) is 2.92. The summed E-state index contributed by atoms with van der Waals surface area (Å²) in [7, 11) is 1.68. The van der Waals surface area contributed by atoms with Gasteiger partial charge in [0.05, 0.1) is 12.7 Å². The average molecular weight is 253 g/mol. The maximum atomic E-state index is 13.4. The molecule has 2 aromatic rings. The molecule has 5 nitrogen and oxygen atoms in total. The second-order valence-corrected chi connectivity index (χ2v) is 4.68. The number of rotatable bonds is 4. The number of halogens is 1. The Kier molecular flexibility index (Phi) is 3.48. The highest BCUT2D eigenvalue weighted by atomic mass is 32.1. The molecular weight excluding hydrogens is 241 g/mol. The number of anilines is 2. The van der Waals surface area contributed by atoms with Crippen LogP contribution in [-0.2, 0) is 6.54 Å². The maximum Gasteiger partial charge on any atom is 0.224 e. The highest BCUT2D eigenvalue weighted by Crippen LogP contribution is 2.15. The molecule has 2 N–H and O–H groups in total. The first-order chi connectivity index (χ1) is 8.19. The summed E-state index contributed by atoms with van der Waals surface area (Å²) in [5, 5.41) is 6.55. The second kappa shape index (κ2) is 5.05. The van der Waals surface area contributed by atoms with Gasteiger partial charge in [0.2, 0.25) is 5.95 Å². The number of hydrogen-bond donors (Lipinski definition) is 2. The van der Waals surface area contributed by atoms with Crippen LogP contribution >= 0.6 is 11.3 Å². The predicted octanol–water partition coefficient (Wildman–Crippen LogP) is 2.03. The molecule has 2 rings (SSSR count). The molecule has 0 fully saturated rings. The van der Waals surface area contributed by atoms with Crippen molar-refractivity contribution in [3.8, 4) is 0 Å². The highest BCUT2D eigenvalue weighted by Gasteiger charge is 2.06. The summed E-state index contributed by atoms with van der Waals surface area (Å²) in [6.45, 7) is 2.43. The smallest absolute Gasteiger partial charge is 0.224 e. The molecule has 90 valence electrons. The maximum absolute atomic E-state index is 13.4. The highest BCUT2D eigenvalue weighted by molar-refractivity contribution is 7.11. The minimum absolute atomic E-state index is 0.178. The van der Waals surface area contributed by atoms with Gasteiger partial charge in [-0.3, -0.25) is 0 Å². The van der Waals surface area contributed by atoms with Crippen molar-refractivity contribution in [2.75, 3.05) is 17.7 Å². The number of nitrogens with zero attached hydrogens (tertiary/aromatic N) is 3. The standard InChI is InChI=1S/C10H12FN5S/c1-6-3-13-8(17-6)5-14-9-7(11)4-15-10(12-2)16-9/h3-4H,5H2,1-2H3,(H2,12,14,15,16). The van der Waals surface area contributed by atoms with E-state index < -0.39 is 5.82 Å². The van der Waals surface area contributed by atoms with Gasteiger partial charge in [0.1, 0.15) is 5.01 Å². The lowest BCUT2D eigenvalue weighted by Gasteiger charge is -2.06. The molecule has 0 aliphatic heterocycles. The van der Waals surface area contributed by atoms with Crippen LogP contribution in [0.2, 0.25) is 0 Å². The zero-order valence-electron chi connectivity index (χ0n) is 9.49. The van der Waals surface area contributed by atoms with E-state index in [1.165, 1.54) is 0 Å². The van der Waals surface area contributed by atoms with Crippen molar-refractivity contribution < 1.29 is 4.39 Å². The van der Waals surface area contributed by atoms with Gasteiger partial charge >= 0.3 is 0 Å². The first-order valence-electron chi connectivity index (χ1n) is 5.04. The number of aryl methyl sites for hydroxylation is 1. The van der Waals surface area contributed by atoms with Gasteiger partial charge in [0.25, 0.3) is 0 Å². The SMILES string of the molecule is CNc1ncc(F)c(NCc2ncc(C)s2)n1. The molecule has 0 radical (unpaired) electrons. The van der Waals surface area contributed by atoms with Crippen LogP contribution in [0.1, 0.15) is 9.88 Å². The zero-order chi connectivity index (χ0) is 12.3. The summed E-state index contributed by atoms with van der Waals surface area (Å²) in [4.78, 5) is 13.1. The van der Waals surface area contributed by atoms with Crippen molar-refractivity contribution in [1.29, 1.82) is 0 Å². The molecule has 2 heterocycles. The molecule has 17 heavy (non-hydrogen) atoms. The van der Waals surface area contributed by atoms with Crippen LogP contribution < -0.4 is 10.6 Å². The molecule has 0 aromatic carbocycles. The molecule has 0 amide bonds. The van der Waals surface area contributed by atoms with E-state index in [-0.39, 0.29) is 5.82 Å². The van der Waals surface area contributed by atoms with E-state index in [1.807, 2.05) is 6.92 Å². The summed E-state index contributed by atoms with van der Waals surface area (Å²) < 4.78 is 13.4. The van der Waals surface area contributed by atoms with E-state index in [2.05, 4.69) is 25.6 Å². The molecule has 0 atom stereocenters. The van der Waals surface area contributed by atoms with E-state index in [0.717, 1.165) is 16.1 Å². The van der Waals surface area contributed by atoms with Crippen molar-refractivity contribution in [2.45, 2.75) is 13.5 Å². The number of thiazole rings is 1. The Morgan fingerprint density at radius 3 is 2.82 bits per heavy atom. The van der Waals surface area contributed by atoms with Gasteiger partial charge in [-0.2, -0.15) is 4.98 Å². The second-order valence-electron chi connectivity index (χ2n) is 3.36. The van der Waals surface area contributed by atoms with Gasteiger partial charge in [-0.15, -0.1) is 11.3 Å². The Morgan fingerprint density at radius 1 is 1.35 bits per heavy atom. The van der Waals surface area contributed by atoms with E-state index in [4.69, 9.17) is 0 Å². The summed E-state index contributed by atoms with van der Waals surface area (Å²) in [5.41, 5.74) is 0. The van der Waals surface area contributed by atoms with Crippen molar-refractivity contribution in [2.24, 2.45) is 0 Å². The Bertz CT molecular complexity index is 513. The first-order valence-corrected chi connectivity index (χ1v) is 5.86. The van der Waals surface area contributed by atoms with Gasteiger partial charge in [-0.25, -0.2) is 14.4 Å². The molecule has 0 aliphatic rings. The average Bonchev–Trinajstić information content (AvgIpc) is 2.74. The number of nitrogens with one attached hydrogen (secondary N) is 2. The lowest BCUT2D eigenvalue weighted by molar-refractivity contribution is 0.617. The zero-order valence-corrected chi connectivity index (χ0v) is 10.3. The molecule has 0 unspecified atom stereocenters. The van der Waals surface area contributed by atoms with Crippen LogP contribution in [0.4, 0.5) is 16.2 Å². The molecule has 0 saturated carbocycles. The van der Waals surface area contributed by atoms with Crippen molar-refractivity contribution >= 4 is 23.1 Å². The molecule has 0 bridgehead atoms. The molecular formula is C10H12FN5S. The van der Waals surface area contributed by atoms with Crippen LogP contribution in [0.25, 0.3) is 0 Å². The van der Waals surface area contributed by atoms with Crippen LogP contribution in [0.5, 0.6) is 0 Å². The lowest BCUT2D eigenvalue weighted by Crippen LogP contribution is -2.06. The topological polar surface area (TPSA) is 62.7 Å². The van der Waals surface area contributed by atoms with Crippen molar-refractivity contribution in [3.05, 3.63) is 28.1 Å². The normalized spacial score (nSPS) is 10.3. The lowest BCUT2D eigenvalue weighted by atomic mass is 10.5. The third-order valence-corrected chi connectivity index (χ3v) is 2.96. The fourth-order valence-corrected chi connectivity index (χ4v) is 1.98. The predicted molar refractivity (Wildman–Crippen MR) is 65.7 cm³/mol. The minimum atomic E-state index is -0.475.